The molecule has 1 N–H and O–H groups in total. The number of fused-ring (bicyclic) bond motifs is 1. The number of nitrogens with one attached hydrogen (secondary N) is 1. The minimum atomic E-state index is -0.190. The van der Waals surface area contributed by atoms with Crippen LogP contribution in [0.15, 0.2) is 42.6 Å². The van der Waals surface area contributed by atoms with Crippen molar-refractivity contribution in [1.82, 2.24) is 20.3 Å². The summed E-state index contributed by atoms with van der Waals surface area (Å²) in [6, 6.07) is 12.4. The maximum absolute atomic E-state index is 12.6. The fraction of sp³-hybridized carbons (Fsp3) is 0.409. The van der Waals surface area contributed by atoms with Crippen LogP contribution < -0.4 is 10.1 Å². The fourth-order valence-electron chi connectivity index (χ4n) is 3.90. The average Bonchev–Trinajstić information content (AvgIpc) is 3.24. The van der Waals surface area contributed by atoms with Gasteiger partial charge in [0.25, 0.3) is 5.91 Å². The molecule has 28 heavy (non-hydrogen) atoms. The van der Waals surface area contributed by atoms with Gasteiger partial charge in [-0.15, -0.1) is 5.10 Å². The Morgan fingerprint density at radius 2 is 1.89 bits per heavy atom. The monoisotopic (exact) mass is 378 g/mol. The molecule has 6 heteroatoms. The van der Waals surface area contributed by atoms with Gasteiger partial charge in [-0.25, -0.2) is 4.68 Å². The van der Waals surface area contributed by atoms with Gasteiger partial charge in [-0.05, 0) is 54.3 Å². The van der Waals surface area contributed by atoms with Gasteiger partial charge < -0.3 is 10.1 Å². The molecule has 0 saturated heterocycles. The molecule has 3 aromatic rings. The third-order valence-electron chi connectivity index (χ3n) is 5.61. The molecular formula is C22H26N4O2. The van der Waals surface area contributed by atoms with Gasteiger partial charge in [0.05, 0.1) is 25.4 Å². The van der Waals surface area contributed by atoms with Gasteiger partial charge >= 0.3 is 0 Å². The van der Waals surface area contributed by atoms with E-state index in [-0.39, 0.29) is 11.9 Å². The quantitative estimate of drug-likeness (QED) is 0.713. The van der Waals surface area contributed by atoms with Crippen LogP contribution in [0, 0.1) is 0 Å². The molecule has 6 nitrogen and oxygen atoms in total. The van der Waals surface area contributed by atoms with Crippen LogP contribution in [0.4, 0.5) is 0 Å². The molecule has 0 bridgehead atoms. The molecule has 1 heterocycles. The first-order chi connectivity index (χ1) is 13.6. The molecule has 1 aliphatic rings. The van der Waals surface area contributed by atoms with E-state index >= 15 is 0 Å². The van der Waals surface area contributed by atoms with E-state index in [1.807, 2.05) is 35.9 Å². The number of carbonyl (C=O) groups excluding carboxylic acids is 1. The number of amides is 1. The summed E-state index contributed by atoms with van der Waals surface area (Å²) in [7, 11) is 1.66. The highest BCUT2D eigenvalue weighted by Gasteiger charge is 2.20. The average molecular weight is 378 g/mol. The molecule has 1 fully saturated rings. The maximum Gasteiger partial charge on any atom is 0.273 e. The van der Waals surface area contributed by atoms with Gasteiger partial charge in [0.15, 0.2) is 5.69 Å². The second kappa shape index (κ2) is 8.00. The number of ether oxygens (including phenoxy) is 1. The van der Waals surface area contributed by atoms with Gasteiger partial charge in [-0.3, -0.25) is 4.79 Å². The highest BCUT2D eigenvalue weighted by molar-refractivity contribution is 5.92. The second-order valence-corrected chi connectivity index (χ2v) is 7.54. The Labute approximate surface area is 164 Å². The Hall–Kier alpha value is -2.89. The largest absolute Gasteiger partial charge is 0.497 e. The van der Waals surface area contributed by atoms with Gasteiger partial charge in [0, 0.05) is 0 Å². The molecule has 1 amide bonds. The number of nitrogens with zero attached hydrogens (tertiary/aromatic N) is 3. The number of hydrogen-bond acceptors (Lipinski definition) is 4. The Morgan fingerprint density at radius 3 is 2.68 bits per heavy atom. The van der Waals surface area contributed by atoms with Gasteiger partial charge in [0.2, 0.25) is 0 Å². The molecule has 1 atom stereocenters. The Balaban J connectivity index is 1.45. The summed E-state index contributed by atoms with van der Waals surface area (Å²) in [5.41, 5.74) is 1.42. The Bertz CT molecular complexity index is 976. The van der Waals surface area contributed by atoms with Crippen molar-refractivity contribution in [3.63, 3.8) is 0 Å². The van der Waals surface area contributed by atoms with E-state index in [2.05, 4.69) is 27.8 Å². The van der Waals surface area contributed by atoms with Crippen molar-refractivity contribution >= 4 is 16.7 Å². The van der Waals surface area contributed by atoms with Crippen molar-refractivity contribution in [3.05, 3.63) is 53.9 Å². The summed E-state index contributed by atoms with van der Waals surface area (Å²) in [5.74, 6) is 0.645. The summed E-state index contributed by atoms with van der Waals surface area (Å²) in [6.07, 6.45) is 7.73. The number of aromatic nitrogens is 3. The van der Waals surface area contributed by atoms with Crippen LogP contribution in [0.5, 0.6) is 5.75 Å². The van der Waals surface area contributed by atoms with Crippen LogP contribution in [0.1, 0.15) is 67.2 Å². The molecule has 4 rings (SSSR count). The van der Waals surface area contributed by atoms with Crippen molar-refractivity contribution in [2.45, 2.75) is 51.1 Å². The third kappa shape index (κ3) is 3.86. The smallest absolute Gasteiger partial charge is 0.273 e. The molecule has 0 spiro atoms. The number of rotatable bonds is 5. The predicted molar refractivity (Wildman–Crippen MR) is 109 cm³/mol. The molecule has 1 unspecified atom stereocenters. The van der Waals surface area contributed by atoms with E-state index in [1.165, 1.54) is 19.3 Å². The lowest BCUT2D eigenvalue weighted by molar-refractivity contribution is 0.0934. The normalized spacial score (nSPS) is 16.1. The molecule has 1 aliphatic carbocycles. The summed E-state index contributed by atoms with van der Waals surface area (Å²) in [4.78, 5) is 12.6. The zero-order valence-electron chi connectivity index (χ0n) is 16.4. The zero-order chi connectivity index (χ0) is 19.5. The minimum absolute atomic E-state index is 0.126. The third-order valence-corrected chi connectivity index (χ3v) is 5.61. The van der Waals surface area contributed by atoms with Crippen LogP contribution in [0.3, 0.4) is 0 Å². The Kier molecular flexibility index (Phi) is 5.28. The zero-order valence-corrected chi connectivity index (χ0v) is 16.4. The molecule has 1 saturated carbocycles. The summed E-state index contributed by atoms with van der Waals surface area (Å²) in [6.45, 7) is 1.98. The second-order valence-electron chi connectivity index (χ2n) is 7.54. The summed E-state index contributed by atoms with van der Waals surface area (Å²) >= 11 is 0. The first-order valence-electron chi connectivity index (χ1n) is 9.94. The van der Waals surface area contributed by atoms with E-state index in [9.17, 15) is 4.79 Å². The topological polar surface area (TPSA) is 69.0 Å². The van der Waals surface area contributed by atoms with Crippen LogP contribution in [0.2, 0.25) is 0 Å². The van der Waals surface area contributed by atoms with E-state index in [0.29, 0.717) is 11.7 Å². The molecule has 2 aromatic carbocycles. The minimum Gasteiger partial charge on any atom is -0.497 e. The highest BCUT2D eigenvalue weighted by atomic mass is 16.5. The first kappa shape index (κ1) is 18.5. The number of hydrogen-bond donors (Lipinski definition) is 1. The van der Waals surface area contributed by atoms with Gasteiger partial charge in [0.1, 0.15) is 5.75 Å². The van der Waals surface area contributed by atoms with Crippen molar-refractivity contribution in [1.29, 1.82) is 0 Å². The lowest BCUT2D eigenvalue weighted by Crippen LogP contribution is -2.27. The van der Waals surface area contributed by atoms with Crippen molar-refractivity contribution in [3.8, 4) is 5.75 Å². The lowest BCUT2D eigenvalue weighted by atomic mass is 9.96. The fourth-order valence-corrected chi connectivity index (χ4v) is 3.90. The van der Waals surface area contributed by atoms with Gasteiger partial charge in [-0.2, -0.15) is 0 Å². The predicted octanol–water partition coefficient (Wildman–Crippen LogP) is 4.44. The highest BCUT2D eigenvalue weighted by Crippen LogP contribution is 2.27. The molecule has 0 radical (unpaired) electrons. The van der Waals surface area contributed by atoms with Crippen LogP contribution in [-0.2, 0) is 0 Å². The SMILES string of the molecule is COc1ccc2cc(C(C)NC(=O)c3cn(C4CCCCC4)nn3)ccc2c1. The summed E-state index contributed by atoms with van der Waals surface area (Å²) in [5, 5.41) is 13.5. The van der Waals surface area contributed by atoms with Crippen molar-refractivity contribution in [2.24, 2.45) is 0 Å². The lowest BCUT2D eigenvalue weighted by Gasteiger charge is -2.20. The van der Waals surface area contributed by atoms with E-state index in [0.717, 1.165) is 34.9 Å². The Morgan fingerprint density at radius 1 is 1.14 bits per heavy atom. The van der Waals surface area contributed by atoms with E-state index in [4.69, 9.17) is 4.74 Å². The van der Waals surface area contributed by atoms with Crippen LogP contribution >= 0.6 is 0 Å². The van der Waals surface area contributed by atoms with Crippen LogP contribution in [-0.4, -0.2) is 28.0 Å². The van der Waals surface area contributed by atoms with E-state index in [1.54, 1.807) is 13.3 Å². The molecule has 146 valence electrons. The number of carbonyl (C=O) groups is 1. The van der Waals surface area contributed by atoms with Crippen LogP contribution in [0.25, 0.3) is 10.8 Å². The number of benzene rings is 2. The standard InChI is InChI=1S/C22H26N4O2/c1-15(16-8-9-18-13-20(28-2)11-10-17(18)12-16)23-22(27)21-14-26(25-24-21)19-6-4-3-5-7-19/h8-15,19H,3-7H2,1-2H3,(H,23,27). The maximum atomic E-state index is 12.6. The first-order valence-corrected chi connectivity index (χ1v) is 9.94. The summed E-state index contributed by atoms with van der Waals surface area (Å²) < 4.78 is 7.14. The number of methoxy groups -OCH3 is 1. The van der Waals surface area contributed by atoms with Crippen molar-refractivity contribution in [2.75, 3.05) is 7.11 Å². The molecule has 1 aromatic heterocycles. The van der Waals surface area contributed by atoms with Crippen molar-refractivity contribution < 1.29 is 9.53 Å². The van der Waals surface area contributed by atoms with Gasteiger partial charge in [-0.1, -0.05) is 42.7 Å². The molecular weight excluding hydrogens is 352 g/mol. The van der Waals surface area contributed by atoms with E-state index < -0.39 is 0 Å². The molecule has 0 aliphatic heterocycles.